The van der Waals surface area contributed by atoms with Gasteiger partial charge >= 0.3 is 0 Å². The first kappa shape index (κ1) is 16.5. The van der Waals surface area contributed by atoms with Crippen LogP contribution in [0.25, 0.3) is 0 Å². The van der Waals surface area contributed by atoms with Crippen molar-refractivity contribution in [3.05, 3.63) is 35.9 Å². The molecule has 4 nitrogen and oxygen atoms in total. The summed E-state index contributed by atoms with van der Waals surface area (Å²) >= 11 is 0. The van der Waals surface area contributed by atoms with Crippen LogP contribution in [0.15, 0.2) is 30.3 Å². The van der Waals surface area contributed by atoms with E-state index >= 15 is 0 Å². The van der Waals surface area contributed by atoms with Gasteiger partial charge in [0.1, 0.15) is 0 Å². The molecule has 0 radical (unpaired) electrons. The number of nitrogens with one attached hydrogen (secondary N) is 1. The van der Waals surface area contributed by atoms with Gasteiger partial charge in [-0.25, -0.2) is 8.42 Å². The van der Waals surface area contributed by atoms with Crippen molar-refractivity contribution in [1.82, 2.24) is 9.62 Å². The van der Waals surface area contributed by atoms with E-state index in [1.165, 1.54) is 0 Å². The Bertz CT molecular complexity index is 524. The third-order valence-electron chi connectivity index (χ3n) is 4.07. The zero-order valence-corrected chi connectivity index (χ0v) is 13.8. The van der Waals surface area contributed by atoms with Crippen LogP contribution in [0.5, 0.6) is 0 Å². The molecule has 0 aliphatic carbocycles. The Labute approximate surface area is 128 Å². The smallest absolute Gasteiger partial charge is 0.214 e. The van der Waals surface area contributed by atoms with Gasteiger partial charge in [-0.05, 0) is 30.9 Å². The Morgan fingerprint density at radius 2 is 2.05 bits per heavy atom. The van der Waals surface area contributed by atoms with E-state index in [0.29, 0.717) is 6.54 Å². The fourth-order valence-corrected chi connectivity index (χ4v) is 5.05. The molecule has 1 heterocycles. The highest BCUT2D eigenvalue weighted by Gasteiger charge is 2.32. The van der Waals surface area contributed by atoms with Crippen LogP contribution in [-0.2, 0) is 10.0 Å². The highest BCUT2D eigenvalue weighted by atomic mass is 32.2. The van der Waals surface area contributed by atoms with Gasteiger partial charge in [-0.1, -0.05) is 44.2 Å². The molecule has 0 saturated carbocycles. The van der Waals surface area contributed by atoms with Crippen molar-refractivity contribution >= 4 is 10.0 Å². The molecule has 1 aliphatic rings. The molecule has 0 amide bonds. The van der Waals surface area contributed by atoms with E-state index < -0.39 is 10.0 Å². The lowest BCUT2D eigenvalue weighted by Crippen LogP contribution is -2.43. The molecular weight excluding hydrogens is 284 g/mol. The minimum atomic E-state index is -3.22. The van der Waals surface area contributed by atoms with Crippen molar-refractivity contribution < 1.29 is 8.42 Å². The van der Waals surface area contributed by atoms with E-state index in [4.69, 9.17) is 0 Å². The molecule has 21 heavy (non-hydrogen) atoms. The maximum atomic E-state index is 12.8. The Morgan fingerprint density at radius 1 is 1.33 bits per heavy atom. The van der Waals surface area contributed by atoms with E-state index in [1.54, 1.807) is 4.31 Å². The number of benzene rings is 1. The van der Waals surface area contributed by atoms with E-state index in [1.807, 2.05) is 44.2 Å². The lowest BCUT2D eigenvalue weighted by molar-refractivity contribution is 0.334. The normalized spacial score (nSPS) is 20.8. The third kappa shape index (κ3) is 4.28. The first-order valence-corrected chi connectivity index (χ1v) is 9.40. The van der Waals surface area contributed by atoms with Crippen molar-refractivity contribution in [1.29, 1.82) is 0 Å². The lowest BCUT2D eigenvalue weighted by Gasteiger charge is -2.28. The second-order valence-corrected chi connectivity index (χ2v) is 7.81. The molecule has 1 aliphatic heterocycles. The summed E-state index contributed by atoms with van der Waals surface area (Å²) < 4.78 is 27.3. The monoisotopic (exact) mass is 310 g/mol. The molecule has 2 atom stereocenters. The van der Waals surface area contributed by atoms with Crippen LogP contribution in [0, 0.1) is 0 Å². The standard InChI is InChI=1S/C16H26N2O2S/c1-3-11-18(16-9-10-17-12-16)21(19,20)13-14(2)15-7-5-4-6-8-15/h4-8,14,16-17H,3,9-13H2,1-2H3. The second kappa shape index (κ2) is 7.38. The van der Waals surface area contributed by atoms with Gasteiger partial charge < -0.3 is 5.32 Å². The molecule has 5 heteroatoms. The zero-order chi connectivity index (χ0) is 15.3. The van der Waals surface area contributed by atoms with E-state index in [-0.39, 0.29) is 17.7 Å². The molecule has 1 aromatic carbocycles. The van der Waals surface area contributed by atoms with Crippen molar-refractivity contribution in [2.24, 2.45) is 0 Å². The van der Waals surface area contributed by atoms with Gasteiger partial charge in [0.25, 0.3) is 0 Å². The van der Waals surface area contributed by atoms with Crippen LogP contribution in [-0.4, -0.2) is 44.2 Å². The van der Waals surface area contributed by atoms with Crippen molar-refractivity contribution in [2.75, 3.05) is 25.4 Å². The summed E-state index contributed by atoms with van der Waals surface area (Å²) in [5.41, 5.74) is 1.09. The Balaban J connectivity index is 2.11. The minimum Gasteiger partial charge on any atom is -0.315 e. The summed E-state index contributed by atoms with van der Waals surface area (Å²) in [6, 6.07) is 10.0. The number of sulfonamides is 1. The minimum absolute atomic E-state index is 0.0184. The largest absolute Gasteiger partial charge is 0.315 e. The van der Waals surface area contributed by atoms with Gasteiger partial charge in [-0.15, -0.1) is 0 Å². The van der Waals surface area contributed by atoms with Crippen molar-refractivity contribution in [3.63, 3.8) is 0 Å². The van der Waals surface area contributed by atoms with E-state index in [9.17, 15) is 8.42 Å². The highest BCUT2D eigenvalue weighted by molar-refractivity contribution is 7.89. The van der Waals surface area contributed by atoms with Crippen LogP contribution in [0.4, 0.5) is 0 Å². The van der Waals surface area contributed by atoms with Crippen LogP contribution in [0.1, 0.15) is 38.2 Å². The van der Waals surface area contributed by atoms with E-state index in [2.05, 4.69) is 5.32 Å². The molecule has 0 spiro atoms. The fourth-order valence-electron chi connectivity index (χ4n) is 2.94. The Morgan fingerprint density at radius 3 is 2.62 bits per heavy atom. The van der Waals surface area contributed by atoms with Gasteiger partial charge in [0.2, 0.25) is 10.0 Å². The van der Waals surface area contributed by atoms with E-state index in [0.717, 1.165) is 31.5 Å². The Kier molecular flexibility index (Phi) is 5.79. The fraction of sp³-hybridized carbons (Fsp3) is 0.625. The summed E-state index contributed by atoms with van der Waals surface area (Å²) in [5.74, 6) is 0.206. The summed E-state index contributed by atoms with van der Waals surface area (Å²) in [6.07, 6.45) is 1.77. The number of rotatable bonds is 7. The summed E-state index contributed by atoms with van der Waals surface area (Å²) in [4.78, 5) is 0. The molecule has 2 unspecified atom stereocenters. The predicted molar refractivity (Wildman–Crippen MR) is 86.9 cm³/mol. The van der Waals surface area contributed by atoms with Gasteiger partial charge in [-0.2, -0.15) is 4.31 Å². The maximum Gasteiger partial charge on any atom is 0.214 e. The quantitative estimate of drug-likeness (QED) is 0.840. The van der Waals surface area contributed by atoms with Crippen LogP contribution in [0.2, 0.25) is 0 Å². The molecule has 0 bridgehead atoms. The highest BCUT2D eigenvalue weighted by Crippen LogP contribution is 2.22. The molecule has 1 N–H and O–H groups in total. The zero-order valence-electron chi connectivity index (χ0n) is 13.0. The van der Waals surface area contributed by atoms with Gasteiger partial charge in [0.15, 0.2) is 0 Å². The van der Waals surface area contributed by atoms with Crippen molar-refractivity contribution in [2.45, 2.75) is 38.6 Å². The topological polar surface area (TPSA) is 49.4 Å². The third-order valence-corrected chi connectivity index (χ3v) is 6.19. The summed E-state index contributed by atoms with van der Waals surface area (Å²) in [5, 5.41) is 3.26. The van der Waals surface area contributed by atoms with Crippen molar-refractivity contribution in [3.8, 4) is 0 Å². The average Bonchev–Trinajstić information content (AvgIpc) is 2.98. The first-order valence-electron chi connectivity index (χ1n) is 7.79. The van der Waals surface area contributed by atoms with Gasteiger partial charge in [-0.3, -0.25) is 0 Å². The Hall–Kier alpha value is -0.910. The molecule has 0 aromatic heterocycles. The van der Waals surface area contributed by atoms with Gasteiger partial charge in [0.05, 0.1) is 5.75 Å². The second-order valence-electron chi connectivity index (χ2n) is 5.85. The van der Waals surface area contributed by atoms with Crippen LogP contribution in [0.3, 0.4) is 0 Å². The van der Waals surface area contributed by atoms with Crippen LogP contribution < -0.4 is 5.32 Å². The molecular formula is C16H26N2O2S. The average molecular weight is 310 g/mol. The molecule has 2 rings (SSSR count). The number of hydrogen-bond acceptors (Lipinski definition) is 3. The molecule has 1 fully saturated rings. The molecule has 1 aromatic rings. The molecule has 118 valence electrons. The SMILES string of the molecule is CCCN(C1CCNC1)S(=O)(=O)CC(C)c1ccccc1. The number of nitrogens with zero attached hydrogens (tertiary/aromatic N) is 1. The van der Waals surface area contributed by atoms with Crippen LogP contribution >= 0.6 is 0 Å². The predicted octanol–water partition coefficient (Wildman–Crippen LogP) is 2.19. The summed E-state index contributed by atoms with van der Waals surface area (Å²) in [7, 11) is -3.22. The number of hydrogen-bond donors (Lipinski definition) is 1. The van der Waals surface area contributed by atoms with Gasteiger partial charge in [0, 0.05) is 19.1 Å². The molecule has 1 saturated heterocycles. The first-order chi connectivity index (χ1) is 10.0. The maximum absolute atomic E-state index is 12.8. The summed E-state index contributed by atoms with van der Waals surface area (Å²) in [6.45, 7) is 6.33. The lowest BCUT2D eigenvalue weighted by atomic mass is 10.0.